The molecule has 0 heterocycles. The monoisotopic (exact) mass is 171 g/mol. The molecule has 2 nitrogen and oxygen atoms in total. The van der Waals surface area contributed by atoms with Gasteiger partial charge in [0.25, 0.3) is 0 Å². The van der Waals surface area contributed by atoms with Crippen molar-refractivity contribution in [3.63, 3.8) is 0 Å². The van der Waals surface area contributed by atoms with E-state index in [0.29, 0.717) is 0 Å². The maximum Gasteiger partial charge on any atom is 0.0826 e. The van der Waals surface area contributed by atoms with E-state index in [1.807, 2.05) is 0 Å². The van der Waals surface area contributed by atoms with E-state index in [1.165, 1.54) is 12.8 Å². The summed E-state index contributed by atoms with van der Waals surface area (Å²) in [4.78, 5) is 0. The fraction of sp³-hybridized carbons (Fsp3) is 1.00. The van der Waals surface area contributed by atoms with Crippen molar-refractivity contribution in [2.75, 3.05) is 7.11 Å². The van der Waals surface area contributed by atoms with Crippen LogP contribution in [0.15, 0.2) is 0 Å². The van der Waals surface area contributed by atoms with Gasteiger partial charge >= 0.3 is 0 Å². The van der Waals surface area contributed by atoms with Crippen molar-refractivity contribution in [2.24, 2.45) is 11.7 Å². The van der Waals surface area contributed by atoms with Crippen LogP contribution in [0.4, 0.5) is 0 Å². The summed E-state index contributed by atoms with van der Waals surface area (Å²) in [5.41, 5.74) is 5.91. The first kappa shape index (κ1) is 10.0. The summed E-state index contributed by atoms with van der Waals surface area (Å²) in [5, 5.41) is 0. The van der Waals surface area contributed by atoms with E-state index >= 15 is 0 Å². The van der Waals surface area contributed by atoms with Crippen LogP contribution in [-0.2, 0) is 4.74 Å². The minimum absolute atomic E-state index is 0.0213. The second-order valence-corrected chi connectivity index (χ2v) is 4.24. The first-order valence-corrected chi connectivity index (χ1v) is 4.91. The largest absolute Gasteiger partial charge is 0.377 e. The molecule has 0 spiro atoms. The quantitative estimate of drug-likeness (QED) is 0.689. The Kier molecular flexibility index (Phi) is 3.13. The van der Waals surface area contributed by atoms with Gasteiger partial charge in [-0.05, 0) is 38.5 Å². The minimum atomic E-state index is -0.0213. The SMILES string of the molecule is COC1(C(C)N)CCC(C)CC1. The topological polar surface area (TPSA) is 35.2 Å². The standard InChI is InChI=1S/C10H21NO/c1-8-4-6-10(12-3,7-5-8)9(2)11/h8-9H,4-7,11H2,1-3H3. The van der Waals surface area contributed by atoms with Crippen molar-refractivity contribution in [2.45, 2.75) is 51.2 Å². The van der Waals surface area contributed by atoms with Crippen LogP contribution in [0.25, 0.3) is 0 Å². The molecular weight excluding hydrogens is 150 g/mol. The lowest BCUT2D eigenvalue weighted by Gasteiger charge is -2.41. The molecule has 0 amide bonds. The molecule has 1 unspecified atom stereocenters. The second kappa shape index (κ2) is 3.75. The molecule has 0 bridgehead atoms. The number of rotatable bonds is 2. The molecule has 72 valence electrons. The molecule has 1 aliphatic rings. The van der Waals surface area contributed by atoms with Gasteiger partial charge in [-0.15, -0.1) is 0 Å². The highest BCUT2D eigenvalue weighted by atomic mass is 16.5. The number of nitrogens with two attached hydrogens (primary N) is 1. The van der Waals surface area contributed by atoms with Crippen molar-refractivity contribution in [3.05, 3.63) is 0 Å². The lowest BCUT2D eigenvalue weighted by atomic mass is 9.76. The Morgan fingerprint density at radius 2 is 1.92 bits per heavy atom. The smallest absolute Gasteiger partial charge is 0.0826 e. The molecule has 1 rings (SSSR count). The van der Waals surface area contributed by atoms with Crippen molar-refractivity contribution in [3.8, 4) is 0 Å². The van der Waals surface area contributed by atoms with E-state index in [1.54, 1.807) is 7.11 Å². The van der Waals surface area contributed by atoms with Crippen molar-refractivity contribution in [1.29, 1.82) is 0 Å². The van der Waals surface area contributed by atoms with E-state index in [9.17, 15) is 0 Å². The number of methoxy groups -OCH3 is 1. The molecular formula is C10H21NO. The first-order valence-electron chi connectivity index (χ1n) is 4.91. The average Bonchev–Trinajstić information content (AvgIpc) is 2.06. The van der Waals surface area contributed by atoms with Gasteiger partial charge in [-0.1, -0.05) is 6.92 Å². The molecule has 0 aromatic rings. The van der Waals surface area contributed by atoms with Gasteiger partial charge in [0.05, 0.1) is 5.60 Å². The molecule has 1 atom stereocenters. The molecule has 0 aromatic heterocycles. The van der Waals surface area contributed by atoms with Crippen LogP contribution in [0, 0.1) is 5.92 Å². The Morgan fingerprint density at radius 1 is 1.42 bits per heavy atom. The Hall–Kier alpha value is -0.0800. The van der Waals surface area contributed by atoms with E-state index < -0.39 is 0 Å². The van der Waals surface area contributed by atoms with E-state index in [4.69, 9.17) is 10.5 Å². The van der Waals surface area contributed by atoms with Gasteiger partial charge in [0.1, 0.15) is 0 Å². The van der Waals surface area contributed by atoms with Crippen LogP contribution in [0.1, 0.15) is 39.5 Å². The summed E-state index contributed by atoms with van der Waals surface area (Å²) in [7, 11) is 1.79. The fourth-order valence-electron chi connectivity index (χ4n) is 2.10. The maximum atomic E-state index is 5.93. The fourth-order valence-corrected chi connectivity index (χ4v) is 2.10. The minimum Gasteiger partial charge on any atom is -0.377 e. The Labute approximate surface area is 75.5 Å². The lowest BCUT2D eigenvalue weighted by molar-refractivity contribution is -0.0621. The number of hydrogen-bond acceptors (Lipinski definition) is 2. The van der Waals surface area contributed by atoms with Crippen LogP contribution in [0.5, 0.6) is 0 Å². The van der Waals surface area contributed by atoms with E-state index in [2.05, 4.69) is 13.8 Å². The molecule has 1 aliphatic carbocycles. The van der Waals surface area contributed by atoms with Crippen LogP contribution < -0.4 is 5.73 Å². The predicted molar refractivity (Wildman–Crippen MR) is 51.0 cm³/mol. The molecule has 0 aromatic carbocycles. The predicted octanol–water partition coefficient (Wildman–Crippen LogP) is 1.93. The van der Waals surface area contributed by atoms with Gasteiger partial charge in [-0.2, -0.15) is 0 Å². The van der Waals surface area contributed by atoms with Crippen LogP contribution in [0.2, 0.25) is 0 Å². The first-order chi connectivity index (χ1) is 5.60. The molecule has 0 saturated heterocycles. The van der Waals surface area contributed by atoms with Crippen LogP contribution >= 0.6 is 0 Å². The van der Waals surface area contributed by atoms with Gasteiger partial charge in [-0.3, -0.25) is 0 Å². The van der Waals surface area contributed by atoms with Gasteiger partial charge in [0.2, 0.25) is 0 Å². The Balaban J connectivity index is 2.57. The van der Waals surface area contributed by atoms with Crippen molar-refractivity contribution < 1.29 is 4.74 Å². The summed E-state index contributed by atoms with van der Waals surface area (Å²) in [6.07, 6.45) is 4.77. The highest BCUT2D eigenvalue weighted by Gasteiger charge is 2.37. The summed E-state index contributed by atoms with van der Waals surface area (Å²) in [5.74, 6) is 0.854. The molecule has 2 N–H and O–H groups in total. The van der Waals surface area contributed by atoms with E-state index in [-0.39, 0.29) is 11.6 Å². The maximum absolute atomic E-state index is 5.93. The van der Waals surface area contributed by atoms with Crippen molar-refractivity contribution >= 4 is 0 Å². The zero-order valence-corrected chi connectivity index (χ0v) is 8.47. The number of ether oxygens (including phenoxy) is 1. The third-order valence-electron chi connectivity index (χ3n) is 3.36. The van der Waals surface area contributed by atoms with Crippen molar-refractivity contribution in [1.82, 2.24) is 0 Å². The molecule has 0 radical (unpaired) electrons. The van der Waals surface area contributed by atoms with Gasteiger partial charge in [-0.25, -0.2) is 0 Å². The normalized spacial score (nSPS) is 39.5. The van der Waals surface area contributed by atoms with Crippen LogP contribution in [0.3, 0.4) is 0 Å². The molecule has 12 heavy (non-hydrogen) atoms. The number of hydrogen-bond donors (Lipinski definition) is 1. The molecule has 1 saturated carbocycles. The highest BCUT2D eigenvalue weighted by Crippen LogP contribution is 2.35. The summed E-state index contributed by atoms with van der Waals surface area (Å²) in [6, 6.07) is 0.162. The van der Waals surface area contributed by atoms with Crippen LogP contribution in [-0.4, -0.2) is 18.8 Å². The summed E-state index contributed by atoms with van der Waals surface area (Å²) < 4.78 is 5.56. The second-order valence-electron chi connectivity index (χ2n) is 4.24. The summed E-state index contributed by atoms with van der Waals surface area (Å²) >= 11 is 0. The highest BCUT2D eigenvalue weighted by molar-refractivity contribution is 4.92. The Bertz CT molecular complexity index is 137. The van der Waals surface area contributed by atoms with Gasteiger partial charge < -0.3 is 10.5 Å². The molecule has 1 fully saturated rings. The zero-order chi connectivity index (χ0) is 9.19. The third kappa shape index (κ3) is 1.80. The lowest BCUT2D eigenvalue weighted by Crippen LogP contribution is -2.49. The average molecular weight is 171 g/mol. The third-order valence-corrected chi connectivity index (χ3v) is 3.36. The van der Waals surface area contributed by atoms with Gasteiger partial charge in [0, 0.05) is 13.2 Å². The van der Waals surface area contributed by atoms with Gasteiger partial charge in [0.15, 0.2) is 0 Å². The Morgan fingerprint density at radius 3 is 2.25 bits per heavy atom. The van der Waals surface area contributed by atoms with E-state index in [0.717, 1.165) is 18.8 Å². The molecule has 2 heteroatoms. The molecule has 0 aliphatic heterocycles. The zero-order valence-electron chi connectivity index (χ0n) is 8.47. The summed E-state index contributed by atoms with van der Waals surface area (Å²) in [6.45, 7) is 4.36.